The number of guanidine groups is 1. The molecular weight excluding hydrogens is 495 g/mol. The molecule has 3 rings (SSSR count). The Kier molecular flexibility index (Phi) is 7.71. The number of carbonyl (C=O) groups is 1. The summed E-state index contributed by atoms with van der Waals surface area (Å²) in [6.07, 6.45) is 4.18. The van der Waals surface area contributed by atoms with Crippen molar-refractivity contribution >= 4 is 51.4 Å². The van der Waals surface area contributed by atoms with Gasteiger partial charge in [-0.1, -0.05) is 0 Å². The second-order valence-corrected chi connectivity index (χ2v) is 9.80. The van der Waals surface area contributed by atoms with E-state index >= 15 is 0 Å². The zero-order valence-corrected chi connectivity index (χ0v) is 19.7. The van der Waals surface area contributed by atoms with Crippen LogP contribution in [0.4, 0.5) is 5.69 Å². The van der Waals surface area contributed by atoms with Crippen LogP contribution in [-0.4, -0.2) is 78.7 Å². The van der Waals surface area contributed by atoms with Gasteiger partial charge in [0.15, 0.2) is 15.8 Å². The molecule has 2 aliphatic rings. The minimum atomic E-state index is -2.91. The maximum atomic E-state index is 12.6. The van der Waals surface area contributed by atoms with E-state index in [1.807, 2.05) is 32.0 Å². The molecule has 1 N–H and O–H groups in total. The molecule has 2 saturated heterocycles. The van der Waals surface area contributed by atoms with Gasteiger partial charge in [-0.3, -0.25) is 14.5 Å². The van der Waals surface area contributed by atoms with Gasteiger partial charge in [-0.25, -0.2) is 8.42 Å². The first-order chi connectivity index (χ1) is 12.7. The molecule has 2 aliphatic heterocycles. The first-order valence-corrected chi connectivity index (χ1v) is 11.1. The highest BCUT2D eigenvalue weighted by molar-refractivity contribution is 14.0. The Hall–Kier alpha value is -1.37. The smallest absolute Gasteiger partial charge is 0.246 e. The molecule has 0 saturated carbocycles. The number of nitrogens with one attached hydrogen (secondary N) is 1. The summed E-state index contributed by atoms with van der Waals surface area (Å²) >= 11 is 0. The van der Waals surface area contributed by atoms with Crippen LogP contribution >= 0.6 is 24.0 Å². The summed E-state index contributed by atoms with van der Waals surface area (Å²) in [4.78, 5) is 21.0. The second-order valence-electron chi connectivity index (χ2n) is 7.57. The molecule has 1 unspecified atom stereocenters. The monoisotopic (exact) mass is 524 g/mol. The largest absolute Gasteiger partial charge is 0.354 e. The minimum Gasteiger partial charge on any atom is -0.354 e. The van der Waals surface area contributed by atoms with Gasteiger partial charge in [0.2, 0.25) is 5.91 Å². The van der Waals surface area contributed by atoms with Crippen molar-refractivity contribution in [1.82, 2.24) is 20.0 Å². The van der Waals surface area contributed by atoms with Gasteiger partial charge in [0, 0.05) is 38.9 Å². The molecule has 1 aromatic rings. The number of piperazine rings is 1. The number of sulfone groups is 1. The summed E-state index contributed by atoms with van der Waals surface area (Å²) in [7, 11) is -1.08. The molecule has 0 aliphatic carbocycles. The SMILES string of the molecule is CC(C)NC(=NCC1CCS(=O)(=O)C1)N1CCN(c2cnn(C)c2)C(=O)C1.I. The van der Waals surface area contributed by atoms with Gasteiger partial charge in [0.1, 0.15) is 6.54 Å². The molecule has 1 amide bonds. The quantitative estimate of drug-likeness (QED) is 0.350. The van der Waals surface area contributed by atoms with Gasteiger partial charge >= 0.3 is 0 Å². The first-order valence-electron chi connectivity index (χ1n) is 9.29. The van der Waals surface area contributed by atoms with Crippen LogP contribution in [0.15, 0.2) is 17.4 Å². The van der Waals surface area contributed by atoms with E-state index in [9.17, 15) is 13.2 Å². The van der Waals surface area contributed by atoms with Crippen LogP contribution in [0.1, 0.15) is 20.3 Å². The Morgan fingerprint density at radius 3 is 2.68 bits per heavy atom. The van der Waals surface area contributed by atoms with Crippen molar-refractivity contribution in [3.8, 4) is 0 Å². The summed E-state index contributed by atoms with van der Waals surface area (Å²) in [5.41, 5.74) is 0.800. The summed E-state index contributed by atoms with van der Waals surface area (Å²) < 4.78 is 25.0. The van der Waals surface area contributed by atoms with Gasteiger partial charge < -0.3 is 15.1 Å². The van der Waals surface area contributed by atoms with Crippen molar-refractivity contribution in [3.63, 3.8) is 0 Å². The van der Waals surface area contributed by atoms with Crippen molar-refractivity contribution in [2.45, 2.75) is 26.3 Å². The summed E-state index contributed by atoms with van der Waals surface area (Å²) in [6.45, 7) is 5.94. The number of aliphatic imine (C=N–C) groups is 1. The van der Waals surface area contributed by atoms with Crippen LogP contribution in [0.2, 0.25) is 0 Å². The summed E-state index contributed by atoms with van der Waals surface area (Å²) in [5.74, 6) is 1.19. The average molecular weight is 524 g/mol. The van der Waals surface area contributed by atoms with E-state index in [-0.39, 0.29) is 59.9 Å². The molecule has 11 heteroatoms. The highest BCUT2D eigenvalue weighted by Gasteiger charge is 2.30. The lowest BCUT2D eigenvalue weighted by Crippen LogP contribution is -2.56. The molecule has 9 nitrogen and oxygen atoms in total. The second kappa shape index (κ2) is 9.42. The molecule has 1 aromatic heterocycles. The van der Waals surface area contributed by atoms with Gasteiger partial charge in [-0.2, -0.15) is 5.10 Å². The Morgan fingerprint density at radius 1 is 1.39 bits per heavy atom. The third kappa shape index (κ3) is 5.82. The van der Waals surface area contributed by atoms with Crippen LogP contribution in [0.25, 0.3) is 0 Å². The van der Waals surface area contributed by atoms with Gasteiger partial charge in [-0.05, 0) is 26.2 Å². The van der Waals surface area contributed by atoms with E-state index in [0.717, 1.165) is 5.69 Å². The zero-order valence-electron chi connectivity index (χ0n) is 16.5. The number of rotatable bonds is 4. The van der Waals surface area contributed by atoms with Gasteiger partial charge in [0.05, 0.1) is 23.4 Å². The Labute approximate surface area is 183 Å². The third-order valence-electron chi connectivity index (χ3n) is 4.77. The van der Waals surface area contributed by atoms with Crippen molar-refractivity contribution in [3.05, 3.63) is 12.4 Å². The fourth-order valence-electron chi connectivity index (χ4n) is 3.40. The molecule has 0 spiro atoms. The number of halogens is 1. The Balaban J connectivity index is 0.00000280. The number of aryl methyl sites for hydroxylation is 1. The van der Waals surface area contributed by atoms with Crippen LogP contribution < -0.4 is 10.2 Å². The fourth-order valence-corrected chi connectivity index (χ4v) is 5.25. The number of carbonyl (C=O) groups excluding carboxylic acids is 1. The van der Waals surface area contributed by atoms with E-state index < -0.39 is 9.84 Å². The van der Waals surface area contributed by atoms with Crippen LogP contribution in [-0.2, 0) is 21.7 Å². The Bertz CT molecular complexity index is 823. The lowest BCUT2D eigenvalue weighted by Gasteiger charge is -2.36. The van der Waals surface area contributed by atoms with E-state index in [2.05, 4.69) is 15.4 Å². The summed E-state index contributed by atoms with van der Waals surface area (Å²) in [5, 5.41) is 7.44. The molecule has 3 heterocycles. The van der Waals surface area contributed by atoms with Gasteiger partial charge in [0.25, 0.3) is 0 Å². The van der Waals surface area contributed by atoms with Gasteiger partial charge in [-0.15, -0.1) is 24.0 Å². The molecule has 0 radical (unpaired) electrons. The number of hydrogen-bond acceptors (Lipinski definition) is 5. The minimum absolute atomic E-state index is 0. The van der Waals surface area contributed by atoms with E-state index in [1.165, 1.54) is 0 Å². The molecular formula is C17H29IN6O3S. The third-order valence-corrected chi connectivity index (χ3v) is 6.60. The highest BCUT2D eigenvalue weighted by Crippen LogP contribution is 2.19. The molecule has 158 valence electrons. The number of aromatic nitrogens is 2. The number of anilines is 1. The predicted octanol–water partition coefficient (Wildman–Crippen LogP) is 0.475. The number of hydrogen-bond donors (Lipinski definition) is 1. The van der Waals surface area contributed by atoms with E-state index in [0.29, 0.717) is 32.0 Å². The lowest BCUT2D eigenvalue weighted by molar-refractivity contribution is -0.120. The fraction of sp³-hybridized carbons (Fsp3) is 0.706. The van der Waals surface area contributed by atoms with Crippen molar-refractivity contribution in [2.24, 2.45) is 18.0 Å². The maximum Gasteiger partial charge on any atom is 0.246 e. The maximum absolute atomic E-state index is 12.6. The molecule has 0 bridgehead atoms. The molecule has 0 aromatic carbocycles. The average Bonchev–Trinajstić information content (AvgIpc) is 3.16. The van der Waals surface area contributed by atoms with E-state index in [1.54, 1.807) is 15.8 Å². The standard InChI is InChI=1S/C17H28N6O3S.HI/c1-13(2)20-17(18-8-14-4-7-27(25,26)12-14)22-5-6-23(16(24)11-22)15-9-19-21(3)10-15;/h9-10,13-14H,4-8,11-12H2,1-3H3,(H,18,20);1H. The topological polar surface area (TPSA) is 99.9 Å². The van der Waals surface area contributed by atoms with E-state index in [4.69, 9.17) is 0 Å². The molecule has 28 heavy (non-hydrogen) atoms. The molecule has 1 atom stereocenters. The lowest BCUT2D eigenvalue weighted by atomic mass is 10.1. The van der Waals surface area contributed by atoms with Crippen molar-refractivity contribution in [2.75, 3.05) is 42.6 Å². The van der Waals surface area contributed by atoms with Crippen LogP contribution in [0.5, 0.6) is 0 Å². The van der Waals surface area contributed by atoms with Crippen molar-refractivity contribution < 1.29 is 13.2 Å². The highest BCUT2D eigenvalue weighted by atomic mass is 127. The van der Waals surface area contributed by atoms with Crippen molar-refractivity contribution in [1.29, 1.82) is 0 Å². The normalized spacial score (nSPS) is 22.5. The van der Waals surface area contributed by atoms with Crippen LogP contribution in [0, 0.1) is 5.92 Å². The van der Waals surface area contributed by atoms with Crippen LogP contribution in [0.3, 0.4) is 0 Å². The predicted molar refractivity (Wildman–Crippen MR) is 120 cm³/mol. The Morgan fingerprint density at radius 2 is 2.14 bits per heavy atom. The number of amides is 1. The zero-order chi connectivity index (χ0) is 19.6. The summed E-state index contributed by atoms with van der Waals surface area (Å²) in [6, 6.07) is 0.169. The first kappa shape index (κ1) is 22.9. The number of nitrogens with zero attached hydrogens (tertiary/aromatic N) is 5. The molecule has 2 fully saturated rings.